The summed E-state index contributed by atoms with van der Waals surface area (Å²) in [6, 6.07) is 7.55. The molecule has 0 N–H and O–H groups in total. The molecule has 0 saturated heterocycles. The summed E-state index contributed by atoms with van der Waals surface area (Å²) in [7, 11) is 6.16. The number of carbonyl (C=O) groups is 2. The van der Waals surface area contributed by atoms with Gasteiger partial charge in [0.05, 0.1) is 27.6 Å². The van der Waals surface area contributed by atoms with Crippen LogP contribution in [0, 0.1) is 11.3 Å². The third kappa shape index (κ3) is 4.24. The van der Waals surface area contributed by atoms with Crippen LogP contribution in [-0.4, -0.2) is 32.7 Å². The Kier molecular flexibility index (Phi) is 5.11. The molecule has 116 valence electrons. The SMILES string of the molecule is CC(C)C(C)(C)C(=O)CC(=O)c1cccc([N+](C)(C)C)c1. The van der Waals surface area contributed by atoms with E-state index in [1.54, 1.807) is 6.07 Å². The number of quaternary nitrogens is 1. The lowest BCUT2D eigenvalue weighted by Gasteiger charge is -2.27. The second-order valence-electron chi connectivity index (χ2n) is 7.46. The molecule has 0 bridgehead atoms. The molecule has 1 rings (SSSR count). The number of hydrogen-bond donors (Lipinski definition) is 0. The van der Waals surface area contributed by atoms with Crippen molar-refractivity contribution >= 4 is 17.3 Å². The van der Waals surface area contributed by atoms with E-state index in [0.29, 0.717) is 10.0 Å². The third-order valence-corrected chi connectivity index (χ3v) is 4.43. The molecule has 0 aliphatic rings. The highest BCUT2D eigenvalue weighted by Crippen LogP contribution is 2.29. The lowest BCUT2D eigenvalue weighted by molar-refractivity contribution is -0.128. The van der Waals surface area contributed by atoms with Gasteiger partial charge >= 0.3 is 0 Å². The molecular weight excluding hydrogens is 262 g/mol. The van der Waals surface area contributed by atoms with Crippen molar-refractivity contribution in [2.45, 2.75) is 34.1 Å². The van der Waals surface area contributed by atoms with Gasteiger partial charge in [-0.25, -0.2) is 0 Å². The Morgan fingerprint density at radius 3 is 2.19 bits per heavy atom. The summed E-state index contributed by atoms with van der Waals surface area (Å²) < 4.78 is 0.645. The summed E-state index contributed by atoms with van der Waals surface area (Å²) in [5, 5.41) is 0. The Bertz CT molecular complexity index is 536. The van der Waals surface area contributed by atoms with Crippen molar-refractivity contribution in [1.29, 1.82) is 0 Å². The molecule has 0 aliphatic carbocycles. The fraction of sp³-hybridized carbons (Fsp3) is 0.556. The molecule has 0 aliphatic heterocycles. The van der Waals surface area contributed by atoms with Crippen LogP contribution >= 0.6 is 0 Å². The Labute approximate surface area is 128 Å². The maximum atomic E-state index is 12.4. The highest BCUT2D eigenvalue weighted by molar-refractivity contribution is 6.09. The van der Waals surface area contributed by atoms with Crippen molar-refractivity contribution in [3.63, 3.8) is 0 Å². The van der Waals surface area contributed by atoms with Crippen LogP contribution in [0.15, 0.2) is 24.3 Å². The summed E-state index contributed by atoms with van der Waals surface area (Å²) in [6.07, 6.45) is -0.0220. The Hall–Kier alpha value is -1.48. The topological polar surface area (TPSA) is 34.1 Å². The van der Waals surface area contributed by atoms with Crippen molar-refractivity contribution < 1.29 is 9.59 Å². The highest BCUT2D eigenvalue weighted by atomic mass is 16.1. The van der Waals surface area contributed by atoms with Gasteiger partial charge in [0.15, 0.2) is 5.78 Å². The van der Waals surface area contributed by atoms with Gasteiger partial charge in [0.1, 0.15) is 11.5 Å². The second kappa shape index (κ2) is 6.10. The number of ketones is 2. The fourth-order valence-corrected chi connectivity index (χ4v) is 1.89. The van der Waals surface area contributed by atoms with Crippen LogP contribution in [0.2, 0.25) is 0 Å². The molecule has 0 fully saturated rings. The fourth-order valence-electron chi connectivity index (χ4n) is 1.89. The van der Waals surface area contributed by atoms with E-state index < -0.39 is 5.41 Å². The minimum atomic E-state index is -0.465. The predicted molar refractivity (Wildman–Crippen MR) is 88.6 cm³/mol. The first-order chi connectivity index (χ1) is 9.46. The van der Waals surface area contributed by atoms with Gasteiger partial charge in [0.2, 0.25) is 0 Å². The quantitative estimate of drug-likeness (QED) is 0.455. The summed E-state index contributed by atoms with van der Waals surface area (Å²) in [4.78, 5) is 24.7. The van der Waals surface area contributed by atoms with Crippen molar-refractivity contribution in [2.24, 2.45) is 11.3 Å². The molecule has 0 radical (unpaired) electrons. The predicted octanol–water partition coefficient (Wildman–Crippen LogP) is 3.71. The van der Waals surface area contributed by atoms with E-state index in [9.17, 15) is 9.59 Å². The second-order valence-corrected chi connectivity index (χ2v) is 7.46. The van der Waals surface area contributed by atoms with Gasteiger partial charge in [0.25, 0.3) is 0 Å². The number of Topliss-reactive ketones (excluding diaryl/α,β-unsaturated/α-hetero) is 2. The standard InChI is InChI=1S/C18H28NO2/c1-13(2)18(3,4)17(21)12-16(20)14-9-8-10-15(11-14)19(5,6)7/h8-11,13H,12H2,1-7H3/q+1. The number of nitrogens with zero attached hydrogens (tertiary/aromatic N) is 1. The smallest absolute Gasteiger partial charge is 0.170 e. The van der Waals surface area contributed by atoms with E-state index in [4.69, 9.17) is 0 Å². The first-order valence-electron chi connectivity index (χ1n) is 7.45. The Morgan fingerprint density at radius 2 is 1.71 bits per heavy atom. The molecule has 1 aromatic carbocycles. The molecular formula is C18H28NO2+. The largest absolute Gasteiger partial charge is 0.299 e. The van der Waals surface area contributed by atoms with Crippen LogP contribution in [0.5, 0.6) is 0 Å². The molecule has 0 heterocycles. The molecule has 0 spiro atoms. The summed E-state index contributed by atoms with van der Waals surface area (Å²) in [6.45, 7) is 7.85. The molecule has 1 aromatic rings. The van der Waals surface area contributed by atoms with Crippen molar-refractivity contribution in [1.82, 2.24) is 4.48 Å². The van der Waals surface area contributed by atoms with E-state index >= 15 is 0 Å². The van der Waals surface area contributed by atoms with E-state index in [-0.39, 0.29) is 23.9 Å². The Balaban J connectivity index is 2.94. The van der Waals surface area contributed by atoms with Gasteiger partial charge in [-0.2, -0.15) is 0 Å². The average molecular weight is 290 g/mol. The van der Waals surface area contributed by atoms with Crippen molar-refractivity contribution in [2.75, 3.05) is 21.1 Å². The molecule has 3 nitrogen and oxygen atoms in total. The van der Waals surface area contributed by atoms with E-state index in [2.05, 4.69) is 21.1 Å². The molecule has 0 unspecified atom stereocenters. The van der Waals surface area contributed by atoms with Crippen LogP contribution in [-0.2, 0) is 4.79 Å². The Morgan fingerprint density at radius 1 is 1.14 bits per heavy atom. The summed E-state index contributed by atoms with van der Waals surface area (Å²) >= 11 is 0. The summed E-state index contributed by atoms with van der Waals surface area (Å²) in [5.41, 5.74) is 1.21. The molecule has 0 aromatic heterocycles. The zero-order valence-corrected chi connectivity index (χ0v) is 14.4. The van der Waals surface area contributed by atoms with Gasteiger partial charge in [-0.1, -0.05) is 39.8 Å². The molecule has 0 amide bonds. The maximum Gasteiger partial charge on any atom is 0.170 e. The van der Waals surface area contributed by atoms with E-state index in [1.807, 2.05) is 45.9 Å². The number of carbonyl (C=O) groups excluding carboxylic acids is 2. The molecule has 0 atom stereocenters. The first-order valence-corrected chi connectivity index (χ1v) is 7.45. The average Bonchev–Trinajstić information content (AvgIpc) is 2.37. The van der Waals surface area contributed by atoms with Crippen LogP contribution < -0.4 is 4.48 Å². The van der Waals surface area contributed by atoms with Crippen LogP contribution in [0.3, 0.4) is 0 Å². The first kappa shape index (κ1) is 17.6. The monoisotopic (exact) mass is 290 g/mol. The van der Waals surface area contributed by atoms with Gasteiger partial charge < -0.3 is 0 Å². The van der Waals surface area contributed by atoms with Crippen LogP contribution in [0.1, 0.15) is 44.5 Å². The minimum absolute atomic E-state index is 0.0122. The van der Waals surface area contributed by atoms with Crippen LogP contribution in [0.4, 0.5) is 5.69 Å². The van der Waals surface area contributed by atoms with Gasteiger partial charge in [-0.05, 0) is 12.0 Å². The van der Waals surface area contributed by atoms with Gasteiger partial charge in [0, 0.05) is 17.0 Å². The normalized spacial score (nSPS) is 12.6. The number of rotatable bonds is 6. The highest BCUT2D eigenvalue weighted by Gasteiger charge is 2.32. The molecule has 0 saturated carbocycles. The zero-order valence-electron chi connectivity index (χ0n) is 14.4. The van der Waals surface area contributed by atoms with Crippen molar-refractivity contribution in [3.05, 3.63) is 29.8 Å². The van der Waals surface area contributed by atoms with Crippen LogP contribution in [0.25, 0.3) is 0 Å². The van der Waals surface area contributed by atoms with E-state index in [0.717, 1.165) is 5.69 Å². The van der Waals surface area contributed by atoms with Gasteiger partial charge in [-0.15, -0.1) is 0 Å². The third-order valence-electron chi connectivity index (χ3n) is 4.43. The minimum Gasteiger partial charge on any atom is -0.299 e. The lowest BCUT2D eigenvalue weighted by atomic mass is 9.75. The number of hydrogen-bond acceptors (Lipinski definition) is 2. The lowest BCUT2D eigenvalue weighted by Crippen LogP contribution is -2.35. The molecule has 21 heavy (non-hydrogen) atoms. The zero-order chi connectivity index (χ0) is 16.4. The van der Waals surface area contributed by atoms with E-state index in [1.165, 1.54) is 0 Å². The van der Waals surface area contributed by atoms with Crippen molar-refractivity contribution in [3.8, 4) is 0 Å². The van der Waals surface area contributed by atoms with Gasteiger partial charge in [-0.3, -0.25) is 14.1 Å². The maximum absolute atomic E-state index is 12.4. The summed E-state index contributed by atoms with van der Waals surface area (Å²) in [5.74, 6) is 0.137. The number of benzene rings is 1. The molecule has 3 heteroatoms.